The van der Waals surface area contributed by atoms with Crippen LogP contribution < -0.4 is 0 Å². The molecule has 0 saturated heterocycles. The number of Topliss-reactive ketones (excluding diaryl/α,β-unsaturated/α-hetero) is 1. The van der Waals surface area contributed by atoms with Gasteiger partial charge in [0.05, 0.1) is 6.10 Å². The first-order chi connectivity index (χ1) is 7.72. The molecule has 1 aliphatic carbocycles. The summed E-state index contributed by atoms with van der Waals surface area (Å²) >= 11 is 0. The fraction of sp³-hybridized carbons (Fsp3) is 0.929. The third kappa shape index (κ3) is 5.11. The van der Waals surface area contributed by atoms with Gasteiger partial charge in [0.15, 0.2) is 0 Å². The molecule has 2 unspecified atom stereocenters. The van der Waals surface area contributed by atoms with E-state index in [1.54, 1.807) is 6.92 Å². The van der Waals surface area contributed by atoms with Gasteiger partial charge >= 0.3 is 0 Å². The van der Waals surface area contributed by atoms with E-state index in [9.17, 15) is 9.90 Å². The maximum atomic E-state index is 11.9. The van der Waals surface area contributed by atoms with Crippen LogP contribution >= 0.6 is 0 Å². The zero-order valence-electron chi connectivity index (χ0n) is 10.6. The van der Waals surface area contributed by atoms with E-state index >= 15 is 0 Å². The smallest absolute Gasteiger partial charge is 0.138 e. The molecule has 0 heterocycles. The van der Waals surface area contributed by atoms with Crippen molar-refractivity contribution in [3.05, 3.63) is 0 Å². The summed E-state index contributed by atoms with van der Waals surface area (Å²) in [4.78, 5) is 11.9. The Balaban J connectivity index is 2.43. The lowest BCUT2D eigenvalue weighted by Gasteiger charge is -2.19. The molecule has 1 rings (SSSR count). The maximum absolute atomic E-state index is 11.9. The lowest BCUT2D eigenvalue weighted by Crippen LogP contribution is -2.26. The summed E-state index contributed by atoms with van der Waals surface area (Å²) in [5.74, 6) is 0.190. The molecule has 1 aliphatic rings. The summed E-state index contributed by atoms with van der Waals surface area (Å²) in [6.45, 7) is 1.76. The van der Waals surface area contributed by atoms with E-state index in [0.717, 1.165) is 19.3 Å². The van der Waals surface area contributed by atoms with Gasteiger partial charge in [-0.25, -0.2) is 0 Å². The highest BCUT2D eigenvalue weighted by Gasteiger charge is 2.22. The SMILES string of the molecule is CC(O)C1CCCCCCCCCCC1=O. The molecular weight excluding hydrogens is 200 g/mol. The molecule has 2 atom stereocenters. The number of carbonyl (C=O) groups is 1. The number of ketones is 1. The molecular formula is C14H26O2. The van der Waals surface area contributed by atoms with Gasteiger partial charge in [-0.15, -0.1) is 0 Å². The molecule has 0 aromatic carbocycles. The summed E-state index contributed by atoms with van der Waals surface area (Å²) in [5, 5.41) is 9.63. The van der Waals surface area contributed by atoms with Crippen LogP contribution in [-0.4, -0.2) is 17.0 Å². The Labute approximate surface area is 99.4 Å². The molecule has 0 spiro atoms. The first-order valence-corrected chi connectivity index (χ1v) is 6.92. The monoisotopic (exact) mass is 226 g/mol. The molecule has 0 amide bonds. The molecule has 0 aromatic rings. The minimum absolute atomic E-state index is 0.0978. The molecule has 0 bridgehead atoms. The van der Waals surface area contributed by atoms with Crippen LogP contribution in [0.2, 0.25) is 0 Å². The summed E-state index contributed by atoms with van der Waals surface area (Å²) in [7, 11) is 0. The van der Waals surface area contributed by atoms with Gasteiger partial charge in [0.1, 0.15) is 5.78 Å². The van der Waals surface area contributed by atoms with Crippen LogP contribution in [0, 0.1) is 5.92 Å². The predicted octanol–water partition coefficient (Wildman–Crippen LogP) is 3.47. The molecule has 1 saturated carbocycles. The third-order valence-electron chi connectivity index (χ3n) is 3.68. The van der Waals surface area contributed by atoms with Crippen LogP contribution in [0.5, 0.6) is 0 Å². The summed E-state index contributed by atoms with van der Waals surface area (Å²) < 4.78 is 0. The van der Waals surface area contributed by atoms with Crippen molar-refractivity contribution in [1.29, 1.82) is 0 Å². The Morgan fingerprint density at radius 1 is 1.00 bits per heavy atom. The fourth-order valence-electron chi connectivity index (χ4n) is 2.58. The van der Waals surface area contributed by atoms with Crippen molar-refractivity contribution in [2.45, 2.75) is 77.2 Å². The van der Waals surface area contributed by atoms with Gasteiger partial charge < -0.3 is 5.11 Å². The van der Waals surface area contributed by atoms with Crippen LogP contribution in [-0.2, 0) is 4.79 Å². The van der Waals surface area contributed by atoms with Crippen LogP contribution in [0.4, 0.5) is 0 Å². The van der Waals surface area contributed by atoms with E-state index in [1.807, 2.05) is 0 Å². The second-order valence-electron chi connectivity index (χ2n) is 5.18. The number of hydrogen-bond acceptors (Lipinski definition) is 2. The Bertz CT molecular complexity index is 199. The molecule has 0 aliphatic heterocycles. The van der Waals surface area contributed by atoms with Gasteiger partial charge in [-0.3, -0.25) is 4.79 Å². The molecule has 16 heavy (non-hydrogen) atoms. The molecule has 94 valence electrons. The van der Waals surface area contributed by atoms with Crippen LogP contribution in [0.15, 0.2) is 0 Å². The van der Waals surface area contributed by atoms with Crippen molar-refractivity contribution in [3.63, 3.8) is 0 Å². The highest BCUT2D eigenvalue weighted by Crippen LogP contribution is 2.21. The largest absolute Gasteiger partial charge is 0.393 e. The molecule has 0 aromatic heterocycles. The van der Waals surface area contributed by atoms with Crippen LogP contribution in [0.25, 0.3) is 0 Å². The quantitative estimate of drug-likeness (QED) is 0.743. The zero-order valence-corrected chi connectivity index (χ0v) is 10.6. The predicted molar refractivity (Wildman–Crippen MR) is 66.3 cm³/mol. The summed E-state index contributed by atoms with van der Waals surface area (Å²) in [6, 6.07) is 0. The zero-order chi connectivity index (χ0) is 11.8. The second-order valence-corrected chi connectivity index (χ2v) is 5.18. The number of carbonyl (C=O) groups excluding carboxylic acids is 1. The van der Waals surface area contributed by atoms with Crippen molar-refractivity contribution in [2.24, 2.45) is 5.92 Å². The molecule has 0 radical (unpaired) electrons. The molecule has 2 nitrogen and oxygen atoms in total. The highest BCUT2D eigenvalue weighted by molar-refractivity contribution is 5.81. The van der Waals surface area contributed by atoms with Gasteiger partial charge in [0.25, 0.3) is 0 Å². The Morgan fingerprint density at radius 3 is 2.06 bits per heavy atom. The van der Waals surface area contributed by atoms with E-state index < -0.39 is 6.10 Å². The molecule has 1 fully saturated rings. The van der Waals surface area contributed by atoms with E-state index in [-0.39, 0.29) is 11.7 Å². The number of hydrogen-bond donors (Lipinski definition) is 1. The average Bonchev–Trinajstić information content (AvgIpc) is 2.22. The van der Waals surface area contributed by atoms with E-state index in [1.165, 1.54) is 38.5 Å². The number of aliphatic hydroxyl groups excluding tert-OH is 1. The van der Waals surface area contributed by atoms with Crippen LogP contribution in [0.1, 0.15) is 71.1 Å². The minimum atomic E-state index is -0.463. The van der Waals surface area contributed by atoms with E-state index in [4.69, 9.17) is 0 Å². The molecule has 1 N–H and O–H groups in total. The normalized spacial score (nSPS) is 27.9. The second kappa shape index (κ2) is 7.83. The fourth-order valence-corrected chi connectivity index (χ4v) is 2.58. The Hall–Kier alpha value is -0.370. The Morgan fingerprint density at radius 2 is 1.50 bits per heavy atom. The van der Waals surface area contributed by atoms with Crippen molar-refractivity contribution in [2.75, 3.05) is 0 Å². The topological polar surface area (TPSA) is 37.3 Å². The Kier molecular flexibility index (Phi) is 6.70. The average molecular weight is 226 g/mol. The van der Waals surface area contributed by atoms with Crippen molar-refractivity contribution in [1.82, 2.24) is 0 Å². The van der Waals surface area contributed by atoms with Crippen LogP contribution in [0.3, 0.4) is 0 Å². The van der Waals surface area contributed by atoms with E-state index in [0.29, 0.717) is 6.42 Å². The van der Waals surface area contributed by atoms with Crippen molar-refractivity contribution in [3.8, 4) is 0 Å². The van der Waals surface area contributed by atoms with Crippen molar-refractivity contribution < 1.29 is 9.90 Å². The summed E-state index contributed by atoms with van der Waals surface area (Å²) in [6.07, 6.45) is 10.8. The first kappa shape index (κ1) is 13.7. The minimum Gasteiger partial charge on any atom is -0.393 e. The lowest BCUT2D eigenvalue weighted by molar-refractivity contribution is -0.126. The first-order valence-electron chi connectivity index (χ1n) is 6.92. The third-order valence-corrected chi connectivity index (χ3v) is 3.68. The van der Waals surface area contributed by atoms with Gasteiger partial charge in [-0.05, 0) is 19.8 Å². The number of rotatable bonds is 1. The van der Waals surface area contributed by atoms with E-state index in [2.05, 4.69) is 0 Å². The molecule has 2 heteroatoms. The van der Waals surface area contributed by atoms with Gasteiger partial charge in [-0.1, -0.05) is 44.9 Å². The van der Waals surface area contributed by atoms with Gasteiger partial charge in [-0.2, -0.15) is 0 Å². The standard InChI is InChI=1S/C14H26O2/c1-12(15)13-10-8-6-4-2-3-5-7-9-11-14(13)16/h12-13,15H,2-11H2,1H3. The highest BCUT2D eigenvalue weighted by atomic mass is 16.3. The summed E-state index contributed by atoms with van der Waals surface area (Å²) in [5.41, 5.74) is 0. The maximum Gasteiger partial charge on any atom is 0.138 e. The number of aliphatic hydroxyl groups is 1. The van der Waals surface area contributed by atoms with Gasteiger partial charge in [0.2, 0.25) is 0 Å². The van der Waals surface area contributed by atoms with Crippen molar-refractivity contribution >= 4 is 5.78 Å². The lowest BCUT2D eigenvalue weighted by atomic mass is 9.88. The van der Waals surface area contributed by atoms with Gasteiger partial charge in [0, 0.05) is 12.3 Å².